The molecule has 0 heterocycles. The maximum atomic E-state index is 12.4. The summed E-state index contributed by atoms with van der Waals surface area (Å²) in [6, 6.07) is 4.99. The first kappa shape index (κ1) is 16.8. The predicted molar refractivity (Wildman–Crippen MR) is 72.8 cm³/mol. The van der Waals surface area contributed by atoms with Crippen LogP contribution in [0.2, 0.25) is 0 Å². The Bertz CT molecular complexity index is 435. The van der Waals surface area contributed by atoms with E-state index < -0.39 is 18.8 Å². The highest BCUT2D eigenvalue weighted by atomic mass is 19.4. The highest BCUT2D eigenvalue weighted by molar-refractivity contribution is 5.39. The minimum atomic E-state index is -4.22. The molecule has 0 spiro atoms. The van der Waals surface area contributed by atoms with Crippen molar-refractivity contribution >= 4 is 0 Å². The average molecular weight is 290 g/mol. The van der Waals surface area contributed by atoms with E-state index in [4.69, 9.17) is 10.5 Å². The summed E-state index contributed by atoms with van der Waals surface area (Å²) < 4.78 is 42.6. The van der Waals surface area contributed by atoms with Crippen LogP contribution in [0.25, 0.3) is 0 Å². The summed E-state index contributed by atoms with van der Waals surface area (Å²) in [5.41, 5.74) is 7.77. The zero-order valence-electron chi connectivity index (χ0n) is 12.0. The van der Waals surface area contributed by atoms with Gasteiger partial charge in [0.05, 0.1) is 13.7 Å². The average Bonchev–Trinajstić information content (AvgIpc) is 2.36. The Balaban J connectivity index is 2.83. The standard InChI is InChI=1S/C14H21F3N2O/c1-4-19(9-14(15,16)17)8-12(18)11-7-10(2)5-6-13(11)20-3/h5-7,12H,4,8-9,18H2,1-3H3. The third-order valence-electron chi connectivity index (χ3n) is 3.09. The third kappa shape index (κ3) is 5.02. The Labute approximate surface area is 117 Å². The molecule has 1 rings (SSSR count). The molecule has 1 unspecified atom stereocenters. The summed E-state index contributed by atoms with van der Waals surface area (Å²) in [4.78, 5) is 1.28. The summed E-state index contributed by atoms with van der Waals surface area (Å²) in [7, 11) is 1.52. The third-order valence-corrected chi connectivity index (χ3v) is 3.09. The van der Waals surface area contributed by atoms with Gasteiger partial charge >= 0.3 is 6.18 Å². The molecule has 0 saturated heterocycles. The van der Waals surface area contributed by atoms with Crippen LogP contribution in [0, 0.1) is 6.92 Å². The number of alkyl halides is 3. The molecule has 3 nitrogen and oxygen atoms in total. The van der Waals surface area contributed by atoms with Crippen LogP contribution in [0.3, 0.4) is 0 Å². The van der Waals surface area contributed by atoms with Crippen LogP contribution in [0.1, 0.15) is 24.1 Å². The lowest BCUT2D eigenvalue weighted by molar-refractivity contribution is -0.145. The molecule has 1 aromatic rings. The molecule has 0 amide bonds. The molecular weight excluding hydrogens is 269 g/mol. The van der Waals surface area contributed by atoms with E-state index in [0.717, 1.165) is 11.1 Å². The smallest absolute Gasteiger partial charge is 0.401 e. The fourth-order valence-corrected chi connectivity index (χ4v) is 2.08. The first-order valence-corrected chi connectivity index (χ1v) is 6.46. The lowest BCUT2D eigenvalue weighted by Crippen LogP contribution is -2.38. The fraction of sp³-hybridized carbons (Fsp3) is 0.571. The predicted octanol–water partition coefficient (Wildman–Crippen LogP) is 2.89. The number of nitrogens with two attached hydrogens (primary N) is 1. The van der Waals surface area contributed by atoms with E-state index in [2.05, 4.69) is 0 Å². The topological polar surface area (TPSA) is 38.5 Å². The summed E-state index contributed by atoms with van der Waals surface area (Å²) in [6.07, 6.45) is -4.22. The maximum absolute atomic E-state index is 12.4. The fourth-order valence-electron chi connectivity index (χ4n) is 2.08. The van der Waals surface area contributed by atoms with Gasteiger partial charge in [-0.25, -0.2) is 0 Å². The number of ether oxygens (including phenoxy) is 1. The van der Waals surface area contributed by atoms with E-state index in [1.807, 2.05) is 19.1 Å². The molecule has 20 heavy (non-hydrogen) atoms. The molecule has 114 valence electrons. The van der Waals surface area contributed by atoms with Gasteiger partial charge in [0.15, 0.2) is 0 Å². The SMILES string of the molecule is CCN(CC(N)c1cc(C)ccc1OC)CC(F)(F)F. The Hall–Kier alpha value is -1.27. The lowest BCUT2D eigenvalue weighted by Gasteiger charge is -2.26. The largest absolute Gasteiger partial charge is 0.496 e. The second-order valence-corrected chi connectivity index (χ2v) is 4.79. The Morgan fingerprint density at radius 3 is 2.50 bits per heavy atom. The van der Waals surface area contributed by atoms with Gasteiger partial charge in [0.1, 0.15) is 5.75 Å². The Kier molecular flexibility index (Phi) is 5.83. The Morgan fingerprint density at radius 2 is 2.00 bits per heavy atom. The van der Waals surface area contributed by atoms with Gasteiger partial charge < -0.3 is 10.5 Å². The summed E-state index contributed by atoms with van der Waals surface area (Å²) in [5.74, 6) is 0.603. The normalized spacial score (nSPS) is 13.6. The molecule has 6 heteroatoms. The van der Waals surface area contributed by atoms with Gasteiger partial charge in [-0.05, 0) is 19.5 Å². The number of methoxy groups -OCH3 is 1. The zero-order chi connectivity index (χ0) is 15.3. The van der Waals surface area contributed by atoms with Crippen molar-refractivity contribution in [3.63, 3.8) is 0 Å². The van der Waals surface area contributed by atoms with Crippen molar-refractivity contribution in [3.05, 3.63) is 29.3 Å². The van der Waals surface area contributed by atoms with Crippen LogP contribution in [-0.2, 0) is 0 Å². The number of halogens is 3. The van der Waals surface area contributed by atoms with Gasteiger partial charge in [-0.15, -0.1) is 0 Å². The Morgan fingerprint density at radius 1 is 1.35 bits per heavy atom. The van der Waals surface area contributed by atoms with Gasteiger partial charge in [-0.2, -0.15) is 13.2 Å². The van der Waals surface area contributed by atoms with Crippen molar-refractivity contribution in [2.24, 2.45) is 5.73 Å². The molecule has 0 aromatic heterocycles. The second-order valence-electron chi connectivity index (χ2n) is 4.79. The molecule has 0 aliphatic carbocycles. The van der Waals surface area contributed by atoms with Gasteiger partial charge in [0, 0.05) is 18.2 Å². The number of aryl methyl sites for hydroxylation is 1. The van der Waals surface area contributed by atoms with E-state index >= 15 is 0 Å². The van der Waals surface area contributed by atoms with E-state index in [1.54, 1.807) is 13.0 Å². The van der Waals surface area contributed by atoms with Crippen LogP contribution in [0.4, 0.5) is 13.2 Å². The minimum absolute atomic E-state index is 0.135. The quantitative estimate of drug-likeness (QED) is 0.875. The van der Waals surface area contributed by atoms with Crippen LogP contribution >= 0.6 is 0 Å². The van der Waals surface area contributed by atoms with Crippen LogP contribution in [0.15, 0.2) is 18.2 Å². The molecule has 0 radical (unpaired) electrons. The van der Waals surface area contributed by atoms with Crippen molar-refractivity contribution in [1.29, 1.82) is 0 Å². The van der Waals surface area contributed by atoms with E-state index in [9.17, 15) is 13.2 Å². The number of benzene rings is 1. The molecule has 1 atom stereocenters. The highest BCUT2D eigenvalue weighted by Gasteiger charge is 2.31. The van der Waals surface area contributed by atoms with E-state index in [-0.39, 0.29) is 6.54 Å². The van der Waals surface area contributed by atoms with E-state index in [0.29, 0.717) is 12.3 Å². The molecule has 0 fully saturated rings. The van der Waals surface area contributed by atoms with E-state index in [1.165, 1.54) is 12.0 Å². The zero-order valence-corrected chi connectivity index (χ0v) is 12.0. The van der Waals surface area contributed by atoms with Crippen molar-refractivity contribution in [2.45, 2.75) is 26.1 Å². The van der Waals surface area contributed by atoms with Gasteiger partial charge in [-0.3, -0.25) is 4.90 Å². The van der Waals surface area contributed by atoms with Crippen LogP contribution in [-0.4, -0.2) is 37.8 Å². The molecule has 0 aliphatic heterocycles. The molecule has 0 aliphatic rings. The van der Waals surface area contributed by atoms with Gasteiger partial charge in [-0.1, -0.05) is 24.6 Å². The molecule has 2 N–H and O–H groups in total. The summed E-state index contributed by atoms with van der Waals surface area (Å²) in [6.45, 7) is 3.07. The first-order chi connectivity index (χ1) is 9.26. The maximum Gasteiger partial charge on any atom is 0.401 e. The number of hydrogen-bond donors (Lipinski definition) is 1. The van der Waals surface area contributed by atoms with Crippen molar-refractivity contribution in [3.8, 4) is 5.75 Å². The van der Waals surface area contributed by atoms with Crippen molar-refractivity contribution in [1.82, 2.24) is 4.90 Å². The number of nitrogens with zero attached hydrogens (tertiary/aromatic N) is 1. The molecular formula is C14H21F3N2O. The monoisotopic (exact) mass is 290 g/mol. The number of rotatable bonds is 6. The van der Waals surface area contributed by atoms with Crippen LogP contribution in [0.5, 0.6) is 5.75 Å². The summed E-state index contributed by atoms with van der Waals surface area (Å²) in [5, 5.41) is 0. The number of likely N-dealkylation sites (N-methyl/N-ethyl adjacent to an activating group) is 1. The second kappa shape index (κ2) is 6.95. The van der Waals surface area contributed by atoms with Crippen LogP contribution < -0.4 is 10.5 Å². The highest BCUT2D eigenvalue weighted by Crippen LogP contribution is 2.26. The molecule has 1 aromatic carbocycles. The molecule has 0 saturated carbocycles. The van der Waals surface area contributed by atoms with Crippen molar-refractivity contribution in [2.75, 3.05) is 26.7 Å². The van der Waals surface area contributed by atoms with Gasteiger partial charge in [0.2, 0.25) is 0 Å². The van der Waals surface area contributed by atoms with Crippen molar-refractivity contribution < 1.29 is 17.9 Å². The lowest BCUT2D eigenvalue weighted by atomic mass is 10.0. The van der Waals surface area contributed by atoms with Gasteiger partial charge in [0.25, 0.3) is 0 Å². The molecule has 0 bridgehead atoms. The summed E-state index contributed by atoms with van der Waals surface area (Å²) >= 11 is 0. The number of hydrogen-bond acceptors (Lipinski definition) is 3. The first-order valence-electron chi connectivity index (χ1n) is 6.46. The minimum Gasteiger partial charge on any atom is -0.496 e.